The van der Waals surface area contributed by atoms with Crippen molar-refractivity contribution >= 4 is 25.4 Å². The normalized spacial score (nSPS) is 12.1. The molecule has 0 spiro atoms. The molecule has 0 atom stereocenters. The SMILES string of the molecule is O=C(COP(=O)(O)O)Oc1ccc(Cl)cc1Cn1c(-c2ccc(C(F)(F)F)cc2)coc1=O. The summed E-state index contributed by atoms with van der Waals surface area (Å²) in [4.78, 5) is 41.5. The lowest BCUT2D eigenvalue weighted by Gasteiger charge is -2.13. The Morgan fingerprint density at radius 3 is 2.42 bits per heavy atom. The first-order chi connectivity index (χ1) is 15.3. The van der Waals surface area contributed by atoms with Gasteiger partial charge in [-0.1, -0.05) is 23.7 Å². The van der Waals surface area contributed by atoms with E-state index in [1.54, 1.807) is 0 Å². The van der Waals surface area contributed by atoms with Crippen molar-refractivity contribution in [1.29, 1.82) is 0 Å². The molecule has 0 radical (unpaired) electrons. The molecule has 0 aliphatic carbocycles. The van der Waals surface area contributed by atoms with Crippen molar-refractivity contribution in [2.45, 2.75) is 12.7 Å². The van der Waals surface area contributed by atoms with Gasteiger partial charge in [0.15, 0.2) is 6.61 Å². The van der Waals surface area contributed by atoms with E-state index >= 15 is 0 Å². The van der Waals surface area contributed by atoms with Crippen molar-refractivity contribution in [3.05, 3.63) is 75.4 Å². The first kappa shape index (κ1) is 24.7. The number of phosphoric ester groups is 1. The van der Waals surface area contributed by atoms with Crippen LogP contribution in [0.15, 0.2) is 57.9 Å². The molecule has 3 aromatic rings. The number of phosphoric acid groups is 1. The van der Waals surface area contributed by atoms with Gasteiger partial charge in [0, 0.05) is 16.1 Å². The van der Waals surface area contributed by atoms with Gasteiger partial charge in [0.2, 0.25) is 0 Å². The van der Waals surface area contributed by atoms with E-state index < -0.39 is 37.9 Å². The summed E-state index contributed by atoms with van der Waals surface area (Å²) >= 11 is 5.99. The van der Waals surface area contributed by atoms with Gasteiger partial charge in [0.1, 0.15) is 12.0 Å². The molecule has 9 nitrogen and oxygen atoms in total. The van der Waals surface area contributed by atoms with Crippen molar-refractivity contribution in [2.75, 3.05) is 6.61 Å². The average molecular weight is 508 g/mol. The van der Waals surface area contributed by atoms with E-state index in [1.807, 2.05) is 0 Å². The standard InChI is InChI=1S/C19H14ClF3NO8P/c20-14-5-6-16(32-17(25)10-31-33(27,28)29)12(7-14)8-24-15(9-30-18(24)26)11-1-3-13(4-2-11)19(21,22)23/h1-7,9H,8,10H2,(H2,27,28,29). The number of alkyl halides is 3. The molecule has 0 fully saturated rings. The second-order valence-corrected chi connectivity index (χ2v) is 8.21. The van der Waals surface area contributed by atoms with Gasteiger partial charge in [-0.2, -0.15) is 13.2 Å². The van der Waals surface area contributed by atoms with E-state index in [2.05, 4.69) is 4.52 Å². The van der Waals surface area contributed by atoms with E-state index in [1.165, 1.54) is 30.3 Å². The van der Waals surface area contributed by atoms with Crippen LogP contribution in [-0.4, -0.2) is 26.9 Å². The molecular weight excluding hydrogens is 494 g/mol. The van der Waals surface area contributed by atoms with Gasteiger partial charge in [0.25, 0.3) is 0 Å². The Labute approximate surface area is 188 Å². The van der Waals surface area contributed by atoms with Crippen LogP contribution in [-0.2, 0) is 26.6 Å². The minimum Gasteiger partial charge on any atom is -0.424 e. The number of rotatable bonds is 7. The third-order valence-corrected chi connectivity index (χ3v) is 4.92. The van der Waals surface area contributed by atoms with Crippen molar-refractivity contribution in [2.24, 2.45) is 0 Å². The molecule has 0 amide bonds. The topological polar surface area (TPSA) is 128 Å². The molecule has 2 N–H and O–H groups in total. The number of ether oxygens (including phenoxy) is 1. The highest BCUT2D eigenvalue weighted by atomic mass is 35.5. The summed E-state index contributed by atoms with van der Waals surface area (Å²) in [5.74, 6) is -2.07. The number of oxazole rings is 1. The number of nitrogens with zero attached hydrogens (tertiary/aromatic N) is 1. The zero-order valence-electron chi connectivity index (χ0n) is 16.3. The van der Waals surface area contributed by atoms with Crippen LogP contribution in [0, 0.1) is 0 Å². The van der Waals surface area contributed by atoms with Crippen LogP contribution >= 0.6 is 19.4 Å². The Kier molecular flexibility index (Phi) is 7.15. The number of halogens is 4. The van der Waals surface area contributed by atoms with Crippen molar-refractivity contribution < 1.29 is 46.0 Å². The maximum absolute atomic E-state index is 12.8. The number of esters is 1. The van der Waals surface area contributed by atoms with Crippen LogP contribution in [0.25, 0.3) is 11.3 Å². The largest absolute Gasteiger partial charge is 0.470 e. The summed E-state index contributed by atoms with van der Waals surface area (Å²) in [6, 6.07) is 8.06. The highest BCUT2D eigenvalue weighted by Gasteiger charge is 2.30. The van der Waals surface area contributed by atoms with Crippen LogP contribution in [0.5, 0.6) is 5.75 Å². The Morgan fingerprint density at radius 1 is 1.15 bits per heavy atom. The second kappa shape index (κ2) is 9.54. The molecule has 0 unspecified atom stereocenters. The van der Waals surface area contributed by atoms with Crippen LogP contribution in [0.4, 0.5) is 13.2 Å². The smallest absolute Gasteiger partial charge is 0.424 e. The Hall–Kier alpha value is -2.89. The molecule has 0 aliphatic rings. The summed E-state index contributed by atoms with van der Waals surface area (Å²) in [7, 11) is -4.90. The minimum absolute atomic E-state index is 0.0924. The Morgan fingerprint density at radius 2 is 1.82 bits per heavy atom. The number of benzene rings is 2. The van der Waals surface area contributed by atoms with Gasteiger partial charge in [-0.05, 0) is 30.3 Å². The fourth-order valence-corrected chi connectivity index (χ4v) is 3.23. The van der Waals surface area contributed by atoms with E-state index in [9.17, 15) is 27.3 Å². The summed E-state index contributed by atoms with van der Waals surface area (Å²) in [5.41, 5.74) is -0.269. The molecule has 2 aromatic carbocycles. The lowest BCUT2D eigenvalue weighted by Crippen LogP contribution is -2.19. The second-order valence-electron chi connectivity index (χ2n) is 6.54. The predicted molar refractivity (Wildman–Crippen MR) is 108 cm³/mol. The lowest BCUT2D eigenvalue weighted by molar-refractivity contribution is -0.138. The Balaban J connectivity index is 1.89. The predicted octanol–water partition coefficient (Wildman–Crippen LogP) is 3.84. The third kappa shape index (κ3) is 6.56. The molecule has 0 aliphatic heterocycles. The van der Waals surface area contributed by atoms with Gasteiger partial charge >= 0.3 is 25.7 Å². The summed E-state index contributed by atoms with van der Waals surface area (Å²) in [6.07, 6.45) is -3.47. The molecule has 33 heavy (non-hydrogen) atoms. The first-order valence-corrected chi connectivity index (χ1v) is 10.8. The molecular formula is C19H14ClF3NO8P. The maximum atomic E-state index is 12.8. The van der Waals surface area contributed by atoms with Gasteiger partial charge < -0.3 is 18.9 Å². The van der Waals surface area contributed by atoms with E-state index in [0.717, 1.165) is 23.0 Å². The molecule has 14 heteroatoms. The van der Waals surface area contributed by atoms with Crippen LogP contribution in [0.2, 0.25) is 5.02 Å². The fraction of sp³-hybridized carbons (Fsp3) is 0.158. The van der Waals surface area contributed by atoms with Crippen LogP contribution in [0.3, 0.4) is 0 Å². The number of hydrogen-bond donors (Lipinski definition) is 2. The molecule has 0 saturated heterocycles. The van der Waals surface area contributed by atoms with Gasteiger partial charge in [-0.25, -0.2) is 14.2 Å². The maximum Gasteiger partial charge on any atom is 0.470 e. The average Bonchev–Trinajstić information content (AvgIpc) is 3.08. The lowest BCUT2D eigenvalue weighted by atomic mass is 10.1. The minimum atomic E-state index is -4.90. The van der Waals surface area contributed by atoms with Gasteiger partial charge in [-0.3, -0.25) is 9.09 Å². The molecule has 3 rings (SSSR count). The quantitative estimate of drug-likeness (QED) is 0.280. The Bertz CT molecular complexity index is 1260. The van der Waals surface area contributed by atoms with Crippen molar-refractivity contribution in [3.8, 4) is 17.0 Å². The molecule has 0 saturated carbocycles. The number of carbonyl (C=O) groups excluding carboxylic acids is 1. The number of carbonyl (C=O) groups is 1. The first-order valence-electron chi connectivity index (χ1n) is 8.88. The monoisotopic (exact) mass is 507 g/mol. The highest BCUT2D eigenvalue weighted by molar-refractivity contribution is 7.46. The molecule has 176 valence electrons. The van der Waals surface area contributed by atoms with E-state index in [-0.39, 0.29) is 34.1 Å². The fourth-order valence-electron chi connectivity index (χ4n) is 2.77. The molecule has 1 heterocycles. The zero-order valence-corrected chi connectivity index (χ0v) is 17.9. The van der Waals surface area contributed by atoms with Gasteiger partial charge in [0.05, 0.1) is 17.8 Å². The van der Waals surface area contributed by atoms with Gasteiger partial charge in [-0.15, -0.1) is 0 Å². The summed E-state index contributed by atoms with van der Waals surface area (Å²) in [6.45, 7) is -1.30. The van der Waals surface area contributed by atoms with Crippen molar-refractivity contribution in [1.82, 2.24) is 4.57 Å². The van der Waals surface area contributed by atoms with Crippen LogP contribution in [0.1, 0.15) is 11.1 Å². The van der Waals surface area contributed by atoms with Crippen LogP contribution < -0.4 is 10.5 Å². The van der Waals surface area contributed by atoms with E-state index in [4.69, 9.17) is 30.5 Å². The highest BCUT2D eigenvalue weighted by Crippen LogP contribution is 2.35. The van der Waals surface area contributed by atoms with Crippen molar-refractivity contribution in [3.63, 3.8) is 0 Å². The number of hydrogen-bond acceptors (Lipinski definition) is 6. The molecule has 1 aromatic heterocycles. The summed E-state index contributed by atoms with van der Waals surface area (Å²) < 4.78 is 64.3. The molecule has 0 bridgehead atoms. The van der Waals surface area contributed by atoms with E-state index in [0.29, 0.717) is 0 Å². The number of aromatic nitrogens is 1. The third-order valence-electron chi connectivity index (χ3n) is 4.22. The summed E-state index contributed by atoms with van der Waals surface area (Å²) in [5, 5.41) is 0.212. The zero-order chi connectivity index (χ0) is 24.4.